The standard InChI is InChI=1S/C11H14O5/c1-5-3-7(4-8(12)11(15)16)6(2)10(14)9(5)13/h3,8,12-14H,4H2,1-2H3,(H,15,16)/t8-/m0/s1. The molecule has 0 aliphatic heterocycles. The van der Waals surface area contributed by atoms with Gasteiger partial charge in [-0.05, 0) is 30.5 Å². The molecule has 0 saturated carbocycles. The van der Waals surface area contributed by atoms with Crippen molar-refractivity contribution in [3.8, 4) is 11.5 Å². The number of aliphatic hydroxyl groups is 1. The summed E-state index contributed by atoms with van der Waals surface area (Å²) < 4.78 is 0. The molecular formula is C11H14O5. The second-order valence-corrected chi connectivity index (χ2v) is 3.73. The third-order valence-electron chi connectivity index (χ3n) is 2.52. The van der Waals surface area contributed by atoms with Crippen molar-refractivity contribution in [3.63, 3.8) is 0 Å². The summed E-state index contributed by atoms with van der Waals surface area (Å²) in [4.78, 5) is 10.5. The average molecular weight is 226 g/mol. The van der Waals surface area contributed by atoms with Gasteiger partial charge in [0.1, 0.15) is 0 Å². The average Bonchev–Trinajstić information content (AvgIpc) is 2.22. The number of phenols is 2. The fourth-order valence-corrected chi connectivity index (χ4v) is 1.46. The van der Waals surface area contributed by atoms with Gasteiger partial charge in [-0.15, -0.1) is 0 Å². The van der Waals surface area contributed by atoms with E-state index in [0.29, 0.717) is 16.7 Å². The maximum absolute atomic E-state index is 10.5. The number of carboxylic acid groups (broad SMARTS) is 1. The van der Waals surface area contributed by atoms with Gasteiger partial charge in [-0.2, -0.15) is 0 Å². The summed E-state index contributed by atoms with van der Waals surface area (Å²) in [5, 5.41) is 36.7. The molecule has 1 aromatic carbocycles. The molecule has 1 atom stereocenters. The van der Waals surface area contributed by atoms with Crippen LogP contribution in [0.25, 0.3) is 0 Å². The van der Waals surface area contributed by atoms with E-state index in [9.17, 15) is 20.1 Å². The van der Waals surface area contributed by atoms with Gasteiger partial charge in [0.2, 0.25) is 0 Å². The Kier molecular flexibility index (Phi) is 3.39. The number of aryl methyl sites for hydroxylation is 1. The molecule has 1 aromatic rings. The minimum atomic E-state index is -1.51. The number of benzene rings is 1. The molecule has 0 amide bonds. The number of aliphatic carboxylic acids is 1. The lowest BCUT2D eigenvalue weighted by Crippen LogP contribution is -2.22. The summed E-state index contributed by atoms with van der Waals surface area (Å²) in [5.41, 5.74) is 1.32. The van der Waals surface area contributed by atoms with E-state index in [2.05, 4.69) is 0 Å². The number of hydrogen-bond acceptors (Lipinski definition) is 4. The molecule has 0 unspecified atom stereocenters. The van der Waals surface area contributed by atoms with Gasteiger partial charge < -0.3 is 20.4 Å². The summed E-state index contributed by atoms with van der Waals surface area (Å²) in [6, 6.07) is 1.55. The van der Waals surface area contributed by atoms with Crippen molar-refractivity contribution in [2.24, 2.45) is 0 Å². The zero-order chi connectivity index (χ0) is 12.5. The Morgan fingerprint density at radius 1 is 1.31 bits per heavy atom. The lowest BCUT2D eigenvalue weighted by Gasteiger charge is -2.13. The second kappa shape index (κ2) is 4.40. The van der Waals surface area contributed by atoms with Gasteiger partial charge in [0, 0.05) is 6.42 Å². The smallest absolute Gasteiger partial charge is 0.332 e. The fourth-order valence-electron chi connectivity index (χ4n) is 1.46. The van der Waals surface area contributed by atoms with E-state index in [4.69, 9.17) is 5.11 Å². The largest absolute Gasteiger partial charge is 0.504 e. The maximum Gasteiger partial charge on any atom is 0.332 e. The van der Waals surface area contributed by atoms with Crippen LogP contribution in [0.15, 0.2) is 6.07 Å². The van der Waals surface area contributed by atoms with Crippen LogP contribution in [0, 0.1) is 13.8 Å². The van der Waals surface area contributed by atoms with E-state index < -0.39 is 12.1 Å². The number of carbonyl (C=O) groups is 1. The van der Waals surface area contributed by atoms with Crippen LogP contribution in [0.4, 0.5) is 0 Å². The number of phenolic OH excluding ortho intramolecular Hbond substituents is 2. The summed E-state index contributed by atoms with van der Waals surface area (Å²) in [6.45, 7) is 3.14. The fraction of sp³-hybridized carbons (Fsp3) is 0.364. The molecule has 0 aromatic heterocycles. The minimum absolute atomic E-state index is 0.101. The van der Waals surface area contributed by atoms with Crippen LogP contribution in [0.2, 0.25) is 0 Å². The van der Waals surface area contributed by atoms with E-state index in [1.807, 2.05) is 0 Å². The number of hydrogen-bond donors (Lipinski definition) is 4. The predicted molar refractivity (Wildman–Crippen MR) is 56.6 cm³/mol. The molecule has 0 saturated heterocycles. The van der Waals surface area contributed by atoms with Crippen molar-refractivity contribution in [2.75, 3.05) is 0 Å². The van der Waals surface area contributed by atoms with Crippen LogP contribution in [0.1, 0.15) is 16.7 Å². The zero-order valence-electron chi connectivity index (χ0n) is 9.06. The molecule has 0 radical (unpaired) electrons. The van der Waals surface area contributed by atoms with E-state index in [0.717, 1.165) is 0 Å². The molecule has 88 valence electrons. The van der Waals surface area contributed by atoms with Gasteiger partial charge in [0.25, 0.3) is 0 Å². The second-order valence-electron chi connectivity index (χ2n) is 3.73. The molecule has 0 bridgehead atoms. The van der Waals surface area contributed by atoms with E-state index in [-0.39, 0.29) is 17.9 Å². The molecule has 1 rings (SSSR count). The Labute approximate surface area is 92.6 Å². The quantitative estimate of drug-likeness (QED) is 0.569. The highest BCUT2D eigenvalue weighted by molar-refractivity contribution is 5.72. The molecule has 0 fully saturated rings. The van der Waals surface area contributed by atoms with E-state index >= 15 is 0 Å². The van der Waals surface area contributed by atoms with Gasteiger partial charge in [-0.3, -0.25) is 0 Å². The van der Waals surface area contributed by atoms with Crippen LogP contribution in [-0.4, -0.2) is 32.5 Å². The lowest BCUT2D eigenvalue weighted by atomic mass is 9.98. The van der Waals surface area contributed by atoms with Gasteiger partial charge in [0.05, 0.1) is 0 Å². The molecule has 0 aliphatic carbocycles. The molecule has 5 nitrogen and oxygen atoms in total. The zero-order valence-corrected chi connectivity index (χ0v) is 9.06. The summed E-state index contributed by atoms with van der Waals surface area (Å²) >= 11 is 0. The Bertz CT molecular complexity index is 425. The lowest BCUT2D eigenvalue weighted by molar-refractivity contribution is -0.146. The molecule has 16 heavy (non-hydrogen) atoms. The Morgan fingerprint density at radius 3 is 2.38 bits per heavy atom. The SMILES string of the molecule is Cc1cc(C[C@H](O)C(=O)O)c(C)c(O)c1O. The topological polar surface area (TPSA) is 98.0 Å². The molecule has 4 N–H and O–H groups in total. The van der Waals surface area contributed by atoms with Crippen molar-refractivity contribution >= 4 is 5.97 Å². The maximum atomic E-state index is 10.5. The molecule has 5 heteroatoms. The Hall–Kier alpha value is -1.75. The molecule has 0 aliphatic rings. The molecular weight excluding hydrogens is 212 g/mol. The van der Waals surface area contributed by atoms with Gasteiger partial charge in [-0.1, -0.05) is 6.07 Å². The Balaban J connectivity index is 3.11. The van der Waals surface area contributed by atoms with E-state index in [1.54, 1.807) is 19.9 Å². The highest BCUT2D eigenvalue weighted by Gasteiger charge is 2.18. The van der Waals surface area contributed by atoms with Crippen LogP contribution < -0.4 is 0 Å². The van der Waals surface area contributed by atoms with Crippen LogP contribution in [0.3, 0.4) is 0 Å². The van der Waals surface area contributed by atoms with Gasteiger partial charge >= 0.3 is 5.97 Å². The summed E-state index contributed by atoms with van der Waals surface area (Å²) in [6.07, 6.45) is -1.61. The van der Waals surface area contributed by atoms with E-state index in [1.165, 1.54) is 0 Å². The highest BCUT2D eigenvalue weighted by Crippen LogP contribution is 2.34. The van der Waals surface area contributed by atoms with Crippen molar-refractivity contribution in [3.05, 3.63) is 22.8 Å². The normalized spacial score (nSPS) is 12.4. The van der Waals surface area contributed by atoms with Crippen molar-refractivity contribution in [1.29, 1.82) is 0 Å². The monoisotopic (exact) mass is 226 g/mol. The highest BCUT2D eigenvalue weighted by atomic mass is 16.4. The first-order chi connectivity index (χ1) is 7.34. The van der Waals surface area contributed by atoms with Crippen LogP contribution in [-0.2, 0) is 11.2 Å². The summed E-state index contributed by atoms with van der Waals surface area (Å²) in [5.74, 6) is -1.80. The van der Waals surface area contributed by atoms with Crippen molar-refractivity contribution in [2.45, 2.75) is 26.4 Å². The predicted octanol–water partition coefficient (Wildman–Crippen LogP) is 0.703. The Morgan fingerprint density at radius 2 is 1.88 bits per heavy atom. The van der Waals surface area contributed by atoms with Crippen LogP contribution >= 0.6 is 0 Å². The first kappa shape index (κ1) is 12.3. The van der Waals surface area contributed by atoms with Gasteiger partial charge in [-0.25, -0.2) is 4.79 Å². The number of carboxylic acids is 1. The summed E-state index contributed by atoms with van der Waals surface area (Å²) in [7, 11) is 0. The number of aliphatic hydroxyl groups excluding tert-OH is 1. The number of aromatic hydroxyl groups is 2. The first-order valence-corrected chi connectivity index (χ1v) is 4.76. The first-order valence-electron chi connectivity index (χ1n) is 4.76. The number of rotatable bonds is 3. The third-order valence-corrected chi connectivity index (χ3v) is 2.52. The van der Waals surface area contributed by atoms with Crippen LogP contribution in [0.5, 0.6) is 11.5 Å². The molecule has 0 spiro atoms. The van der Waals surface area contributed by atoms with Gasteiger partial charge in [0.15, 0.2) is 17.6 Å². The molecule has 0 heterocycles. The van der Waals surface area contributed by atoms with Crippen molar-refractivity contribution < 1.29 is 25.2 Å². The third kappa shape index (κ3) is 2.25. The van der Waals surface area contributed by atoms with Crippen molar-refractivity contribution in [1.82, 2.24) is 0 Å². The minimum Gasteiger partial charge on any atom is -0.504 e.